The molecule has 4 nitrogen and oxygen atoms in total. The van der Waals surface area contributed by atoms with Crippen LogP contribution in [0.15, 0.2) is 0 Å². The number of carbonyl (C=O) groups is 1. The van der Waals surface area contributed by atoms with Crippen LogP contribution in [0, 0.1) is 5.92 Å². The Balaban J connectivity index is 2.00. The van der Waals surface area contributed by atoms with Gasteiger partial charge in [0.15, 0.2) is 0 Å². The Morgan fingerprint density at radius 3 is 2.83 bits per heavy atom. The summed E-state index contributed by atoms with van der Waals surface area (Å²) in [6.07, 6.45) is 0.309. The fourth-order valence-electron chi connectivity index (χ4n) is 1.46. The van der Waals surface area contributed by atoms with Crippen molar-refractivity contribution in [3.63, 3.8) is 0 Å². The first kappa shape index (κ1) is 9.48. The number of hydrogen-bond donors (Lipinski definition) is 1. The van der Waals surface area contributed by atoms with Crippen LogP contribution in [0.1, 0.15) is 6.42 Å². The summed E-state index contributed by atoms with van der Waals surface area (Å²) in [5.74, 6) is -0.328. The van der Waals surface area contributed by atoms with E-state index in [1.165, 1.54) is 0 Å². The summed E-state index contributed by atoms with van der Waals surface area (Å²) in [7, 11) is 1.68. The maximum absolute atomic E-state index is 10.3. The van der Waals surface area contributed by atoms with E-state index < -0.39 is 5.97 Å². The largest absolute Gasteiger partial charge is 0.481 e. The van der Waals surface area contributed by atoms with Crippen molar-refractivity contribution in [1.82, 2.24) is 4.90 Å². The predicted octanol–water partition coefficient (Wildman–Crippen LogP) is 0.0393. The summed E-state index contributed by atoms with van der Waals surface area (Å²) >= 11 is 0. The lowest BCUT2D eigenvalue weighted by molar-refractivity contribution is -0.139. The first-order valence-electron chi connectivity index (χ1n) is 4.15. The van der Waals surface area contributed by atoms with Crippen molar-refractivity contribution in [1.29, 1.82) is 0 Å². The van der Waals surface area contributed by atoms with Crippen molar-refractivity contribution in [3.8, 4) is 0 Å². The van der Waals surface area contributed by atoms with E-state index in [0.717, 1.165) is 26.2 Å². The van der Waals surface area contributed by atoms with Gasteiger partial charge in [-0.2, -0.15) is 0 Å². The van der Waals surface area contributed by atoms with Crippen LogP contribution >= 0.6 is 0 Å². The molecule has 1 heterocycles. The van der Waals surface area contributed by atoms with E-state index in [1.807, 2.05) is 0 Å². The van der Waals surface area contributed by atoms with Gasteiger partial charge in [0.2, 0.25) is 0 Å². The van der Waals surface area contributed by atoms with Gasteiger partial charge in [-0.25, -0.2) is 0 Å². The number of ether oxygens (including phenoxy) is 1. The summed E-state index contributed by atoms with van der Waals surface area (Å²) in [5, 5.41) is 8.47. The molecule has 0 amide bonds. The first-order valence-corrected chi connectivity index (χ1v) is 4.15. The topological polar surface area (TPSA) is 49.8 Å². The zero-order valence-corrected chi connectivity index (χ0v) is 7.32. The molecule has 0 unspecified atom stereocenters. The van der Waals surface area contributed by atoms with E-state index in [0.29, 0.717) is 12.3 Å². The molecule has 0 aromatic heterocycles. The minimum atomic E-state index is -0.689. The Hall–Kier alpha value is -0.610. The van der Waals surface area contributed by atoms with E-state index >= 15 is 0 Å². The Bertz CT molecular complexity index is 154. The van der Waals surface area contributed by atoms with Crippen LogP contribution in [-0.2, 0) is 9.53 Å². The van der Waals surface area contributed by atoms with Gasteiger partial charge in [0.1, 0.15) is 0 Å². The van der Waals surface area contributed by atoms with Gasteiger partial charge in [0.05, 0.1) is 13.0 Å². The zero-order chi connectivity index (χ0) is 8.97. The molecule has 12 heavy (non-hydrogen) atoms. The predicted molar refractivity (Wildman–Crippen MR) is 44.1 cm³/mol. The number of carboxylic acids is 1. The molecule has 0 saturated carbocycles. The Morgan fingerprint density at radius 2 is 2.33 bits per heavy atom. The van der Waals surface area contributed by atoms with E-state index in [9.17, 15) is 4.79 Å². The van der Waals surface area contributed by atoms with Gasteiger partial charge in [-0.15, -0.1) is 0 Å². The van der Waals surface area contributed by atoms with Gasteiger partial charge in [0, 0.05) is 26.7 Å². The molecule has 1 aliphatic heterocycles. The van der Waals surface area contributed by atoms with Crippen LogP contribution in [0.4, 0.5) is 0 Å². The van der Waals surface area contributed by atoms with Crippen molar-refractivity contribution < 1.29 is 14.6 Å². The van der Waals surface area contributed by atoms with E-state index in [4.69, 9.17) is 9.84 Å². The van der Waals surface area contributed by atoms with E-state index in [-0.39, 0.29) is 0 Å². The van der Waals surface area contributed by atoms with Crippen molar-refractivity contribution in [2.75, 3.05) is 33.4 Å². The maximum Gasteiger partial charge on any atom is 0.303 e. The van der Waals surface area contributed by atoms with Crippen molar-refractivity contribution in [2.45, 2.75) is 6.42 Å². The molecule has 1 saturated heterocycles. The minimum Gasteiger partial charge on any atom is -0.481 e. The second kappa shape index (κ2) is 4.42. The summed E-state index contributed by atoms with van der Waals surface area (Å²) in [6.45, 7) is 3.48. The normalized spacial score (nSPS) is 19.1. The fourth-order valence-corrected chi connectivity index (χ4v) is 1.46. The average molecular weight is 173 g/mol. The highest BCUT2D eigenvalue weighted by molar-refractivity contribution is 5.67. The number of methoxy groups -OCH3 is 1. The van der Waals surface area contributed by atoms with Crippen LogP contribution in [0.3, 0.4) is 0 Å². The van der Waals surface area contributed by atoms with Gasteiger partial charge in [-0.1, -0.05) is 0 Å². The summed E-state index contributed by atoms with van der Waals surface area (Å²) in [5.41, 5.74) is 0. The molecule has 1 N–H and O–H groups in total. The third kappa shape index (κ3) is 2.79. The smallest absolute Gasteiger partial charge is 0.303 e. The van der Waals surface area contributed by atoms with Gasteiger partial charge in [0.25, 0.3) is 0 Å². The third-order valence-corrected chi connectivity index (χ3v) is 2.11. The molecular formula is C8H15NO3. The molecular weight excluding hydrogens is 158 g/mol. The molecule has 0 bridgehead atoms. The Kier molecular flexibility index (Phi) is 3.49. The number of aliphatic carboxylic acids is 1. The summed E-state index contributed by atoms with van der Waals surface area (Å²) < 4.78 is 4.91. The monoisotopic (exact) mass is 173 g/mol. The van der Waals surface area contributed by atoms with E-state index in [1.54, 1.807) is 7.11 Å². The SMILES string of the molecule is COCCN1CC(CC(=O)O)C1. The van der Waals surface area contributed by atoms with Crippen molar-refractivity contribution in [3.05, 3.63) is 0 Å². The molecule has 0 atom stereocenters. The quantitative estimate of drug-likeness (QED) is 0.637. The molecule has 0 aromatic carbocycles. The van der Waals surface area contributed by atoms with Crippen molar-refractivity contribution >= 4 is 5.97 Å². The van der Waals surface area contributed by atoms with E-state index in [2.05, 4.69) is 4.90 Å². The lowest BCUT2D eigenvalue weighted by atomic mass is 9.97. The summed E-state index contributed by atoms with van der Waals surface area (Å²) in [6, 6.07) is 0. The standard InChI is InChI=1S/C8H15NO3/c1-12-3-2-9-5-7(6-9)4-8(10)11/h7H,2-6H2,1H3,(H,10,11). The highest BCUT2D eigenvalue weighted by Gasteiger charge is 2.27. The highest BCUT2D eigenvalue weighted by atomic mass is 16.5. The molecule has 70 valence electrons. The first-order chi connectivity index (χ1) is 5.72. The number of carboxylic acid groups (broad SMARTS) is 1. The van der Waals surface area contributed by atoms with Crippen LogP contribution in [0.25, 0.3) is 0 Å². The number of likely N-dealkylation sites (tertiary alicyclic amines) is 1. The Labute approximate surface area is 72.1 Å². The van der Waals surface area contributed by atoms with Crippen LogP contribution in [-0.4, -0.2) is 49.3 Å². The van der Waals surface area contributed by atoms with Crippen LogP contribution < -0.4 is 0 Å². The van der Waals surface area contributed by atoms with Crippen LogP contribution in [0.2, 0.25) is 0 Å². The lowest BCUT2D eigenvalue weighted by Crippen LogP contribution is -2.48. The highest BCUT2D eigenvalue weighted by Crippen LogP contribution is 2.17. The average Bonchev–Trinajstić information content (AvgIpc) is 1.93. The number of hydrogen-bond acceptors (Lipinski definition) is 3. The fraction of sp³-hybridized carbons (Fsp3) is 0.875. The molecule has 1 rings (SSSR count). The second-order valence-corrected chi connectivity index (χ2v) is 3.22. The molecule has 0 aliphatic carbocycles. The third-order valence-electron chi connectivity index (χ3n) is 2.11. The lowest BCUT2D eigenvalue weighted by Gasteiger charge is -2.38. The molecule has 1 fully saturated rings. The van der Waals surface area contributed by atoms with Gasteiger partial charge in [-0.05, 0) is 5.92 Å². The molecule has 1 aliphatic rings. The Morgan fingerprint density at radius 1 is 1.67 bits per heavy atom. The molecule has 0 spiro atoms. The zero-order valence-electron chi connectivity index (χ0n) is 7.32. The molecule has 0 aromatic rings. The van der Waals surface area contributed by atoms with Gasteiger partial charge >= 0.3 is 5.97 Å². The van der Waals surface area contributed by atoms with Gasteiger partial charge in [-0.3, -0.25) is 4.79 Å². The minimum absolute atomic E-state index is 0.309. The molecule has 4 heteroatoms. The summed E-state index contributed by atoms with van der Waals surface area (Å²) in [4.78, 5) is 12.5. The van der Waals surface area contributed by atoms with Crippen LogP contribution in [0.5, 0.6) is 0 Å². The second-order valence-electron chi connectivity index (χ2n) is 3.22. The molecule has 0 radical (unpaired) electrons. The van der Waals surface area contributed by atoms with Crippen molar-refractivity contribution in [2.24, 2.45) is 5.92 Å². The number of nitrogens with zero attached hydrogens (tertiary/aromatic N) is 1. The number of rotatable bonds is 5. The van der Waals surface area contributed by atoms with Gasteiger partial charge < -0.3 is 14.7 Å². The maximum atomic E-state index is 10.3.